The summed E-state index contributed by atoms with van der Waals surface area (Å²) in [5, 5.41) is 9.06. The van der Waals surface area contributed by atoms with Gasteiger partial charge in [0.2, 0.25) is 0 Å². The maximum absolute atomic E-state index is 9.06. The molecule has 1 fully saturated rings. The van der Waals surface area contributed by atoms with Crippen molar-refractivity contribution in [1.29, 1.82) is 0 Å². The zero-order valence-electron chi connectivity index (χ0n) is 9.86. The summed E-state index contributed by atoms with van der Waals surface area (Å²) in [4.78, 5) is 0. The van der Waals surface area contributed by atoms with Gasteiger partial charge in [0.05, 0.1) is 6.10 Å². The zero-order chi connectivity index (χ0) is 11.4. The van der Waals surface area contributed by atoms with Crippen molar-refractivity contribution in [3.63, 3.8) is 0 Å². The zero-order valence-corrected chi connectivity index (χ0v) is 9.86. The van der Waals surface area contributed by atoms with Crippen molar-refractivity contribution in [2.45, 2.75) is 44.6 Å². The van der Waals surface area contributed by atoms with Gasteiger partial charge in [-0.25, -0.2) is 0 Å². The monoisotopic (exact) mass is 220 g/mol. The van der Waals surface area contributed by atoms with Crippen LogP contribution in [0.1, 0.15) is 44.1 Å². The van der Waals surface area contributed by atoms with E-state index in [1.165, 1.54) is 31.2 Å². The van der Waals surface area contributed by atoms with E-state index in [0.717, 1.165) is 5.75 Å². The number of ether oxygens (including phenoxy) is 1. The van der Waals surface area contributed by atoms with Crippen molar-refractivity contribution in [2.24, 2.45) is 0 Å². The minimum absolute atomic E-state index is 0.197. The fourth-order valence-electron chi connectivity index (χ4n) is 2.18. The predicted octanol–water partition coefficient (Wildman–Crippen LogP) is 3.10. The van der Waals surface area contributed by atoms with Gasteiger partial charge in [0.15, 0.2) is 0 Å². The van der Waals surface area contributed by atoms with E-state index in [-0.39, 0.29) is 12.5 Å². The topological polar surface area (TPSA) is 29.5 Å². The Hall–Kier alpha value is -1.02. The lowest BCUT2D eigenvalue weighted by atomic mass is 10.0. The van der Waals surface area contributed by atoms with E-state index in [1.807, 2.05) is 31.2 Å². The second kappa shape index (κ2) is 5.35. The first-order valence-corrected chi connectivity index (χ1v) is 6.17. The second-order valence-corrected chi connectivity index (χ2v) is 4.68. The van der Waals surface area contributed by atoms with Crippen LogP contribution in [0.4, 0.5) is 0 Å². The first-order chi connectivity index (χ1) is 7.79. The van der Waals surface area contributed by atoms with Crippen LogP contribution in [-0.4, -0.2) is 17.8 Å². The normalized spacial score (nSPS) is 18.6. The summed E-state index contributed by atoms with van der Waals surface area (Å²) >= 11 is 0. The van der Waals surface area contributed by atoms with Gasteiger partial charge in [-0.2, -0.15) is 0 Å². The highest BCUT2D eigenvalue weighted by atomic mass is 16.5. The molecule has 1 atom stereocenters. The predicted molar refractivity (Wildman–Crippen MR) is 64.8 cm³/mol. The molecule has 0 spiro atoms. The first kappa shape index (κ1) is 11.5. The fraction of sp³-hybridized carbons (Fsp3) is 0.571. The summed E-state index contributed by atoms with van der Waals surface area (Å²) in [7, 11) is 0. The average Bonchev–Trinajstić information content (AvgIpc) is 2.82. The van der Waals surface area contributed by atoms with Crippen LogP contribution >= 0.6 is 0 Å². The lowest BCUT2D eigenvalue weighted by Gasteiger charge is -2.14. The van der Waals surface area contributed by atoms with Crippen molar-refractivity contribution >= 4 is 0 Å². The van der Waals surface area contributed by atoms with Crippen LogP contribution in [0, 0.1) is 0 Å². The van der Waals surface area contributed by atoms with Crippen LogP contribution < -0.4 is 4.74 Å². The maximum Gasteiger partial charge on any atom is 0.119 e. The number of hydrogen-bond acceptors (Lipinski definition) is 2. The quantitative estimate of drug-likeness (QED) is 0.844. The Kier molecular flexibility index (Phi) is 3.83. The van der Waals surface area contributed by atoms with Crippen LogP contribution in [-0.2, 0) is 0 Å². The summed E-state index contributed by atoms with van der Waals surface area (Å²) < 4.78 is 5.88. The number of benzene rings is 1. The SMILES string of the molecule is CC(CO)c1ccc(OC2CCCC2)cc1. The minimum Gasteiger partial charge on any atom is -0.490 e. The van der Waals surface area contributed by atoms with Crippen LogP contribution in [0.3, 0.4) is 0 Å². The third kappa shape index (κ3) is 2.76. The van der Waals surface area contributed by atoms with Crippen molar-refractivity contribution in [2.75, 3.05) is 6.61 Å². The van der Waals surface area contributed by atoms with Crippen molar-refractivity contribution in [3.8, 4) is 5.75 Å². The molecule has 16 heavy (non-hydrogen) atoms. The molecule has 0 aromatic heterocycles. The number of aliphatic hydroxyl groups excluding tert-OH is 1. The molecule has 1 saturated carbocycles. The molecule has 2 heteroatoms. The summed E-state index contributed by atoms with van der Waals surface area (Å²) in [6.07, 6.45) is 5.39. The molecule has 1 N–H and O–H groups in total. The molecule has 0 saturated heterocycles. The summed E-state index contributed by atoms with van der Waals surface area (Å²) in [5.74, 6) is 1.17. The van der Waals surface area contributed by atoms with Gasteiger partial charge < -0.3 is 9.84 Å². The Bertz CT molecular complexity index is 312. The van der Waals surface area contributed by atoms with Gasteiger partial charge >= 0.3 is 0 Å². The maximum atomic E-state index is 9.06. The van der Waals surface area contributed by atoms with Gasteiger partial charge in [-0.15, -0.1) is 0 Å². The number of rotatable bonds is 4. The molecule has 0 heterocycles. The van der Waals surface area contributed by atoms with Gasteiger partial charge in [-0.05, 0) is 43.4 Å². The first-order valence-electron chi connectivity index (χ1n) is 6.17. The van der Waals surface area contributed by atoms with Crippen LogP contribution in [0.2, 0.25) is 0 Å². The molecular formula is C14H20O2. The molecule has 2 rings (SSSR count). The van der Waals surface area contributed by atoms with E-state index in [0.29, 0.717) is 6.10 Å². The third-order valence-electron chi connectivity index (χ3n) is 3.33. The average molecular weight is 220 g/mol. The van der Waals surface area contributed by atoms with Gasteiger partial charge in [0.1, 0.15) is 5.75 Å². The van der Waals surface area contributed by atoms with Crippen molar-refractivity contribution in [3.05, 3.63) is 29.8 Å². The second-order valence-electron chi connectivity index (χ2n) is 4.68. The highest BCUT2D eigenvalue weighted by Crippen LogP contribution is 2.25. The summed E-state index contributed by atoms with van der Waals surface area (Å²) in [6.45, 7) is 2.22. The molecule has 1 unspecified atom stereocenters. The van der Waals surface area contributed by atoms with E-state index in [9.17, 15) is 0 Å². The van der Waals surface area contributed by atoms with Gasteiger partial charge in [-0.3, -0.25) is 0 Å². The summed E-state index contributed by atoms with van der Waals surface area (Å²) in [5.41, 5.74) is 1.17. The molecule has 1 aliphatic rings. The van der Waals surface area contributed by atoms with Gasteiger partial charge in [0, 0.05) is 12.5 Å². The number of hydrogen-bond donors (Lipinski definition) is 1. The number of aliphatic hydroxyl groups is 1. The Morgan fingerprint density at radius 3 is 2.44 bits per heavy atom. The molecule has 0 radical (unpaired) electrons. The lowest BCUT2D eigenvalue weighted by Crippen LogP contribution is -2.10. The molecule has 1 aromatic rings. The van der Waals surface area contributed by atoms with E-state index >= 15 is 0 Å². The van der Waals surface area contributed by atoms with Crippen LogP contribution in [0.15, 0.2) is 24.3 Å². The van der Waals surface area contributed by atoms with Crippen LogP contribution in [0.5, 0.6) is 5.75 Å². The van der Waals surface area contributed by atoms with E-state index in [2.05, 4.69) is 0 Å². The molecule has 1 aliphatic carbocycles. The molecule has 0 aliphatic heterocycles. The standard InChI is InChI=1S/C14H20O2/c1-11(10-15)12-6-8-14(9-7-12)16-13-4-2-3-5-13/h6-9,11,13,15H,2-5,10H2,1H3. The smallest absolute Gasteiger partial charge is 0.119 e. The van der Waals surface area contributed by atoms with Gasteiger partial charge in [0.25, 0.3) is 0 Å². The Morgan fingerprint density at radius 1 is 1.25 bits per heavy atom. The molecule has 0 bridgehead atoms. The van der Waals surface area contributed by atoms with E-state index in [1.54, 1.807) is 0 Å². The van der Waals surface area contributed by atoms with Gasteiger partial charge in [-0.1, -0.05) is 19.1 Å². The molecule has 1 aromatic carbocycles. The largest absolute Gasteiger partial charge is 0.490 e. The third-order valence-corrected chi connectivity index (χ3v) is 3.33. The van der Waals surface area contributed by atoms with E-state index < -0.39 is 0 Å². The fourth-order valence-corrected chi connectivity index (χ4v) is 2.18. The lowest BCUT2D eigenvalue weighted by molar-refractivity contribution is 0.210. The van der Waals surface area contributed by atoms with Crippen LogP contribution in [0.25, 0.3) is 0 Å². The molecule has 88 valence electrons. The van der Waals surface area contributed by atoms with E-state index in [4.69, 9.17) is 9.84 Å². The highest BCUT2D eigenvalue weighted by molar-refractivity contribution is 5.29. The Balaban J connectivity index is 1.96. The highest BCUT2D eigenvalue weighted by Gasteiger charge is 2.16. The minimum atomic E-state index is 0.197. The Labute approximate surface area is 97.3 Å². The van der Waals surface area contributed by atoms with Crippen molar-refractivity contribution in [1.82, 2.24) is 0 Å². The molecular weight excluding hydrogens is 200 g/mol. The molecule has 2 nitrogen and oxygen atoms in total. The van der Waals surface area contributed by atoms with Crippen molar-refractivity contribution < 1.29 is 9.84 Å². The summed E-state index contributed by atoms with van der Waals surface area (Å²) in [6, 6.07) is 8.12. The Morgan fingerprint density at radius 2 is 1.88 bits per heavy atom. The molecule has 0 amide bonds.